The van der Waals surface area contributed by atoms with Gasteiger partial charge in [-0.05, 0) is 25.0 Å². The normalized spacial score (nSPS) is 14.8. The summed E-state index contributed by atoms with van der Waals surface area (Å²) in [4.78, 5) is 15.1. The molecule has 2 heterocycles. The fourth-order valence-corrected chi connectivity index (χ4v) is 5.40. The molecule has 0 saturated carbocycles. The van der Waals surface area contributed by atoms with Crippen molar-refractivity contribution in [1.82, 2.24) is 9.29 Å². The molecule has 1 saturated heterocycles. The second-order valence-electron chi connectivity index (χ2n) is 6.90. The number of nitro groups is 1. The average molecular weight is 458 g/mol. The number of sulfonamides is 1. The number of rotatable bonds is 7. The molecule has 0 bridgehead atoms. The minimum absolute atomic E-state index is 0.00400. The molecule has 4 rings (SSSR count). The maximum absolute atomic E-state index is 12.6. The summed E-state index contributed by atoms with van der Waals surface area (Å²) in [6.45, 7) is 1.14. The van der Waals surface area contributed by atoms with Crippen molar-refractivity contribution in [2.75, 3.05) is 18.5 Å². The van der Waals surface area contributed by atoms with Gasteiger partial charge in [0.15, 0.2) is 0 Å². The largest absolute Gasteiger partial charge is 0.270 e. The maximum atomic E-state index is 12.6. The highest BCUT2D eigenvalue weighted by Gasteiger charge is 2.27. The number of nitrogens with one attached hydrogen (secondary N) is 1. The van der Waals surface area contributed by atoms with Crippen molar-refractivity contribution in [3.05, 3.63) is 69.6 Å². The molecule has 3 aromatic rings. The number of hydrogen-bond acceptors (Lipinski definition) is 8. The maximum Gasteiger partial charge on any atom is 0.270 e. The van der Waals surface area contributed by atoms with Crippen LogP contribution in [0.4, 0.5) is 10.8 Å². The topological polar surface area (TPSA) is 118 Å². The highest BCUT2D eigenvalue weighted by Crippen LogP contribution is 2.27. The number of nitro benzene ring substituents is 1. The van der Waals surface area contributed by atoms with Gasteiger partial charge in [0, 0.05) is 41.7 Å². The first kappa shape index (κ1) is 21.1. The molecule has 0 atom stereocenters. The first-order valence-electron chi connectivity index (χ1n) is 9.53. The van der Waals surface area contributed by atoms with Gasteiger partial charge in [-0.3, -0.25) is 15.5 Å². The number of thiazole rings is 1. The van der Waals surface area contributed by atoms with Crippen molar-refractivity contribution in [2.45, 2.75) is 17.7 Å². The van der Waals surface area contributed by atoms with Gasteiger partial charge in [0.2, 0.25) is 15.2 Å². The quantitative estimate of drug-likeness (QED) is 0.326. The third kappa shape index (κ3) is 4.79. The number of hydrogen-bond donors (Lipinski definition) is 1. The Hall–Kier alpha value is -3.15. The van der Waals surface area contributed by atoms with Gasteiger partial charge in [-0.2, -0.15) is 9.41 Å². The van der Waals surface area contributed by atoms with Gasteiger partial charge in [-0.15, -0.1) is 11.3 Å². The number of hydrazone groups is 1. The predicted molar refractivity (Wildman–Crippen MR) is 120 cm³/mol. The van der Waals surface area contributed by atoms with Crippen LogP contribution in [0.1, 0.15) is 18.4 Å². The summed E-state index contributed by atoms with van der Waals surface area (Å²) in [5, 5.41) is 17.3. The molecule has 0 radical (unpaired) electrons. The lowest BCUT2D eigenvalue weighted by molar-refractivity contribution is -0.384. The van der Waals surface area contributed by atoms with Crippen LogP contribution in [0.25, 0.3) is 11.3 Å². The van der Waals surface area contributed by atoms with Crippen LogP contribution in [0.15, 0.2) is 63.9 Å². The van der Waals surface area contributed by atoms with Gasteiger partial charge in [-0.1, -0.05) is 24.3 Å². The Balaban J connectivity index is 1.43. The SMILES string of the molecule is O=[N+]([O-])c1cccc(C=NNc2nc(-c3ccc(S(=O)(=O)N4CCCC4)cc3)cs2)c1. The van der Waals surface area contributed by atoms with Crippen LogP contribution >= 0.6 is 11.3 Å². The molecule has 0 amide bonds. The second kappa shape index (κ2) is 8.92. The van der Waals surface area contributed by atoms with Crippen LogP contribution in [0.5, 0.6) is 0 Å². The molecule has 0 unspecified atom stereocenters. The summed E-state index contributed by atoms with van der Waals surface area (Å²) >= 11 is 1.35. The Morgan fingerprint density at radius 1 is 1.16 bits per heavy atom. The smallest absolute Gasteiger partial charge is 0.258 e. The van der Waals surface area contributed by atoms with Crippen molar-refractivity contribution in [3.63, 3.8) is 0 Å². The van der Waals surface area contributed by atoms with Crippen LogP contribution in [-0.4, -0.2) is 41.9 Å². The molecule has 160 valence electrons. The van der Waals surface area contributed by atoms with Crippen LogP contribution in [0, 0.1) is 10.1 Å². The van der Waals surface area contributed by atoms with Gasteiger partial charge in [0.1, 0.15) is 0 Å². The molecular weight excluding hydrogens is 438 g/mol. The molecule has 0 aliphatic carbocycles. The van der Waals surface area contributed by atoms with Crippen LogP contribution < -0.4 is 5.43 Å². The van der Waals surface area contributed by atoms with Crippen molar-refractivity contribution in [1.29, 1.82) is 0 Å². The monoisotopic (exact) mass is 457 g/mol. The van der Waals surface area contributed by atoms with Gasteiger partial charge in [0.05, 0.1) is 21.7 Å². The third-order valence-electron chi connectivity index (χ3n) is 4.81. The summed E-state index contributed by atoms with van der Waals surface area (Å²) in [5.41, 5.74) is 4.89. The van der Waals surface area contributed by atoms with Gasteiger partial charge < -0.3 is 0 Å². The zero-order valence-corrected chi connectivity index (χ0v) is 18.0. The minimum atomic E-state index is -3.44. The van der Waals surface area contributed by atoms with Gasteiger partial charge in [-0.25, -0.2) is 13.4 Å². The zero-order valence-electron chi connectivity index (χ0n) is 16.3. The Kier molecular flexibility index (Phi) is 6.07. The molecule has 1 aliphatic heterocycles. The summed E-state index contributed by atoms with van der Waals surface area (Å²) < 4.78 is 26.8. The first-order chi connectivity index (χ1) is 14.9. The van der Waals surface area contributed by atoms with E-state index in [4.69, 9.17) is 0 Å². The van der Waals surface area contributed by atoms with Gasteiger partial charge in [0.25, 0.3) is 5.69 Å². The van der Waals surface area contributed by atoms with E-state index in [1.165, 1.54) is 34.0 Å². The van der Waals surface area contributed by atoms with Gasteiger partial charge >= 0.3 is 0 Å². The van der Waals surface area contributed by atoms with Crippen molar-refractivity contribution in [2.24, 2.45) is 5.10 Å². The number of aromatic nitrogens is 1. The number of nitrogens with zero attached hydrogens (tertiary/aromatic N) is 4. The van der Waals surface area contributed by atoms with E-state index in [1.807, 2.05) is 5.38 Å². The average Bonchev–Trinajstić information content (AvgIpc) is 3.47. The lowest BCUT2D eigenvalue weighted by Gasteiger charge is -2.15. The zero-order chi connectivity index (χ0) is 21.8. The van der Waals surface area contributed by atoms with E-state index in [0.29, 0.717) is 29.5 Å². The van der Waals surface area contributed by atoms with Crippen LogP contribution in [0.2, 0.25) is 0 Å². The Labute approximate surface area is 183 Å². The Morgan fingerprint density at radius 2 is 1.90 bits per heavy atom. The van der Waals surface area contributed by atoms with E-state index in [-0.39, 0.29) is 10.6 Å². The molecule has 31 heavy (non-hydrogen) atoms. The van der Waals surface area contributed by atoms with Crippen molar-refractivity contribution >= 4 is 38.4 Å². The third-order valence-corrected chi connectivity index (χ3v) is 7.47. The van der Waals surface area contributed by atoms with Crippen molar-refractivity contribution in [3.8, 4) is 11.3 Å². The van der Waals surface area contributed by atoms with E-state index in [2.05, 4.69) is 15.5 Å². The van der Waals surface area contributed by atoms with E-state index >= 15 is 0 Å². The molecule has 1 aromatic heterocycles. The molecule has 1 fully saturated rings. The van der Waals surface area contributed by atoms with E-state index in [1.54, 1.807) is 36.4 Å². The lowest BCUT2D eigenvalue weighted by atomic mass is 10.2. The summed E-state index contributed by atoms with van der Waals surface area (Å²) in [6.07, 6.45) is 3.28. The summed E-state index contributed by atoms with van der Waals surface area (Å²) in [7, 11) is -3.44. The highest BCUT2D eigenvalue weighted by molar-refractivity contribution is 7.89. The standard InChI is InChI=1S/C20H19N5O4S2/c26-25(27)17-5-3-4-15(12-17)13-21-23-20-22-19(14-30-20)16-6-8-18(9-7-16)31(28,29)24-10-1-2-11-24/h3-9,12-14H,1-2,10-11H2,(H,22,23). The van der Waals surface area contributed by atoms with Crippen LogP contribution in [0.3, 0.4) is 0 Å². The Morgan fingerprint density at radius 3 is 2.61 bits per heavy atom. The van der Waals surface area contributed by atoms with E-state index < -0.39 is 14.9 Å². The first-order valence-corrected chi connectivity index (χ1v) is 11.8. The molecule has 1 N–H and O–H groups in total. The summed E-state index contributed by atoms with van der Waals surface area (Å²) in [6, 6.07) is 12.8. The number of non-ortho nitro benzene ring substituents is 1. The lowest BCUT2D eigenvalue weighted by Crippen LogP contribution is -2.27. The van der Waals surface area contributed by atoms with E-state index in [0.717, 1.165) is 18.4 Å². The number of anilines is 1. The Bertz CT molecular complexity index is 1220. The molecule has 2 aromatic carbocycles. The molecular formula is C20H19N5O4S2. The predicted octanol–water partition coefficient (Wildman–Crippen LogP) is 3.95. The van der Waals surface area contributed by atoms with Crippen molar-refractivity contribution < 1.29 is 13.3 Å². The fourth-order valence-electron chi connectivity index (χ4n) is 3.21. The molecule has 9 nitrogen and oxygen atoms in total. The fraction of sp³-hybridized carbons (Fsp3) is 0.200. The van der Waals surface area contributed by atoms with E-state index in [9.17, 15) is 18.5 Å². The minimum Gasteiger partial charge on any atom is -0.258 e. The highest BCUT2D eigenvalue weighted by atomic mass is 32.2. The number of benzene rings is 2. The molecule has 0 spiro atoms. The second-order valence-corrected chi connectivity index (χ2v) is 9.69. The summed E-state index contributed by atoms with van der Waals surface area (Å²) in [5.74, 6) is 0. The molecule has 1 aliphatic rings. The molecule has 11 heteroatoms. The van der Waals surface area contributed by atoms with Crippen LogP contribution in [-0.2, 0) is 10.0 Å².